The number of aromatic nitrogens is 2. The van der Waals surface area contributed by atoms with Gasteiger partial charge in [-0.2, -0.15) is 11.8 Å². The maximum Gasteiger partial charge on any atom is 0.326 e. The summed E-state index contributed by atoms with van der Waals surface area (Å²) in [4.78, 5) is 56.4. The van der Waals surface area contributed by atoms with Crippen molar-refractivity contribution in [1.29, 1.82) is 0 Å². The van der Waals surface area contributed by atoms with E-state index in [-0.39, 0.29) is 12.8 Å². The molecule has 1 aromatic heterocycles. The summed E-state index contributed by atoms with van der Waals surface area (Å²) in [5, 5.41) is 27.0. The summed E-state index contributed by atoms with van der Waals surface area (Å²) in [6.07, 6.45) is 5.09. The zero-order valence-corrected chi connectivity index (χ0v) is 20.8. The third-order valence-corrected chi connectivity index (χ3v) is 5.85. The Morgan fingerprint density at radius 1 is 1.09 bits per heavy atom. The molecule has 0 saturated carbocycles. The summed E-state index contributed by atoms with van der Waals surface area (Å²) in [5.74, 6) is -2.71. The lowest BCUT2D eigenvalue weighted by Gasteiger charge is -2.26. The molecule has 198 valence electrons. The number of aromatic amines is 1. The van der Waals surface area contributed by atoms with Crippen LogP contribution in [0.15, 0.2) is 12.5 Å². The number of nitrogens with zero attached hydrogens (tertiary/aromatic N) is 1. The van der Waals surface area contributed by atoms with E-state index in [0.717, 1.165) is 0 Å². The van der Waals surface area contributed by atoms with Gasteiger partial charge in [-0.1, -0.05) is 0 Å². The summed E-state index contributed by atoms with van der Waals surface area (Å²) < 4.78 is 0. The number of hydrogen-bond donors (Lipinski definition) is 8. The minimum absolute atomic E-state index is 0.0761. The highest BCUT2D eigenvalue weighted by Crippen LogP contribution is 2.06. The molecule has 1 rings (SSSR count). The molecule has 0 spiro atoms. The fraction of sp³-hybridized carbons (Fsp3) is 0.667. The first kappa shape index (κ1) is 30.4. The predicted octanol–water partition coefficient (Wildman–Crippen LogP) is -1.92. The summed E-state index contributed by atoms with van der Waals surface area (Å²) in [5.41, 5.74) is 11.9. The van der Waals surface area contributed by atoms with Gasteiger partial charge in [0.1, 0.15) is 18.1 Å². The second-order valence-corrected chi connectivity index (χ2v) is 9.13. The van der Waals surface area contributed by atoms with Gasteiger partial charge < -0.3 is 42.6 Å². The zero-order valence-electron chi connectivity index (χ0n) is 20.0. The average molecular weight is 516 g/mol. The Morgan fingerprint density at radius 2 is 1.77 bits per heavy atom. The van der Waals surface area contributed by atoms with Gasteiger partial charge in [-0.25, -0.2) is 9.78 Å². The zero-order chi connectivity index (χ0) is 26.4. The van der Waals surface area contributed by atoms with Crippen LogP contribution >= 0.6 is 11.8 Å². The van der Waals surface area contributed by atoms with Crippen LogP contribution in [-0.4, -0.2) is 92.7 Å². The van der Waals surface area contributed by atoms with Gasteiger partial charge in [0.25, 0.3) is 0 Å². The minimum atomic E-state index is -1.45. The Hall–Kier alpha value is -2.68. The van der Waals surface area contributed by atoms with Gasteiger partial charge in [-0.05, 0) is 51.2 Å². The molecule has 1 aromatic rings. The van der Waals surface area contributed by atoms with Crippen molar-refractivity contribution >= 4 is 35.5 Å². The van der Waals surface area contributed by atoms with Crippen LogP contribution in [0.2, 0.25) is 0 Å². The SMILES string of the molecule is CSCCC(N)C(=O)NC(CCCCN)C(=O)NC(C(=O)NC(Cc1cnc[nH]1)C(=O)O)C(C)O. The van der Waals surface area contributed by atoms with Gasteiger partial charge in [0.15, 0.2) is 0 Å². The monoisotopic (exact) mass is 515 g/mol. The molecule has 0 aromatic carbocycles. The smallest absolute Gasteiger partial charge is 0.326 e. The van der Waals surface area contributed by atoms with Crippen LogP contribution in [0.25, 0.3) is 0 Å². The summed E-state index contributed by atoms with van der Waals surface area (Å²) in [7, 11) is 0. The molecule has 13 nitrogen and oxygen atoms in total. The molecule has 10 N–H and O–H groups in total. The Bertz CT molecular complexity index is 808. The van der Waals surface area contributed by atoms with E-state index in [1.165, 1.54) is 31.2 Å². The Labute approximate surface area is 208 Å². The highest BCUT2D eigenvalue weighted by atomic mass is 32.2. The number of unbranched alkanes of at least 4 members (excludes halogenated alkanes) is 1. The number of carboxylic acid groups (broad SMARTS) is 1. The highest BCUT2D eigenvalue weighted by molar-refractivity contribution is 7.98. The van der Waals surface area contributed by atoms with E-state index >= 15 is 0 Å². The number of H-pyrrole nitrogens is 1. The number of aliphatic hydroxyl groups is 1. The van der Waals surface area contributed by atoms with Crippen LogP contribution in [0.1, 0.15) is 38.3 Å². The van der Waals surface area contributed by atoms with Crippen LogP contribution in [-0.2, 0) is 25.6 Å². The Balaban J connectivity index is 2.90. The van der Waals surface area contributed by atoms with Crippen molar-refractivity contribution in [1.82, 2.24) is 25.9 Å². The molecule has 0 radical (unpaired) electrons. The van der Waals surface area contributed by atoms with Gasteiger partial charge in [0, 0.05) is 18.3 Å². The number of thioether (sulfide) groups is 1. The van der Waals surface area contributed by atoms with E-state index in [2.05, 4.69) is 25.9 Å². The van der Waals surface area contributed by atoms with Crippen molar-refractivity contribution in [2.24, 2.45) is 11.5 Å². The standard InChI is InChI=1S/C21H37N7O6S/c1-12(29)17(20(32)27-16(21(33)34)9-13-10-24-11-25-13)28-19(31)15(5-3-4-7-22)26-18(30)14(23)6-8-35-2/h10-12,14-17,29H,3-9,22-23H2,1-2H3,(H,24,25)(H,26,30)(H,27,32)(H,28,31)(H,33,34). The van der Waals surface area contributed by atoms with Gasteiger partial charge in [-0.3, -0.25) is 14.4 Å². The molecular formula is C21H37N7O6S. The van der Waals surface area contributed by atoms with Gasteiger partial charge in [0.05, 0.1) is 18.5 Å². The second-order valence-electron chi connectivity index (χ2n) is 8.14. The van der Waals surface area contributed by atoms with E-state index in [0.29, 0.717) is 37.3 Å². The van der Waals surface area contributed by atoms with Crippen LogP contribution in [0.4, 0.5) is 0 Å². The quantitative estimate of drug-likeness (QED) is 0.107. The number of rotatable bonds is 17. The fourth-order valence-electron chi connectivity index (χ4n) is 3.15. The molecule has 5 unspecified atom stereocenters. The van der Waals surface area contributed by atoms with E-state index in [1.54, 1.807) is 0 Å². The molecular weight excluding hydrogens is 478 g/mol. The normalized spacial score (nSPS) is 15.3. The van der Waals surface area contributed by atoms with Crippen molar-refractivity contribution in [3.8, 4) is 0 Å². The molecule has 0 aliphatic rings. The molecule has 0 saturated heterocycles. The number of aliphatic hydroxyl groups excluding tert-OH is 1. The van der Waals surface area contributed by atoms with E-state index in [1.807, 2.05) is 6.26 Å². The molecule has 14 heteroatoms. The summed E-state index contributed by atoms with van der Waals surface area (Å²) in [6, 6.07) is -4.59. The molecule has 35 heavy (non-hydrogen) atoms. The first-order chi connectivity index (χ1) is 16.6. The second kappa shape index (κ2) is 16.1. The van der Waals surface area contributed by atoms with Gasteiger partial charge >= 0.3 is 5.97 Å². The Kier molecular flexibility index (Phi) is 13.9. The molecule has 0 bridgehead atoms. The third-order valence-electron chi connectivity index (χ3n) is 5.21. The van der Waals surface area contributed by atoms with Crippen LogP contribution < -0.4 is 27.4 Å². The molecule has 1 heterocycles. The molecule has 0 fully saturated rings. The van der Waals surface area contributed by atoms with Gasteiger partial charge in [-0.15, -0.1) is 0 Å². The number of aliphatic carboxylic acids is 1. The van der Waals surface area contributed by atoms with Crippen molar-refractivity contribution in [3.63, 3.8) is 0 Å². The largest absolute Gasteiger partial charge is 0.480 e. The molecule has 0 aliphatic carbocycles. The van der Waals surface area contributed by atoms with E-state index in [4.69, 9.17) is 11.5 Å². The third kappa shape index (κ3) is 11.1. The number of hydrogen-bond acceptors (Lipinski definition) is 9. The molecule has 0 aliphatic heterocycles. The topological polar surface area (TPSA) is 226 Å². The molecule has 3 amide bonds. The number of carbonyl (C=O) groups is 4. The molecule has 5 atom stereocenters. The van der Waals surface area contributed by atoms with Gasteiger partial charge in [0.2, 0.25) is 17.7 Å². The number of amides is 3. The average Bonchev–Trinajstić information content (AvgIpc) is 3.32. The van der Waals surface area contributed by atoms with Crippen molar-refractivity contribution in [2.45, 2.75) is 69.3 Å². The van der Waals surface area contributed by atoms with Crippen molar-refractivity contribution in [2.75, 3.05) is 18.6 Å². The number of imidazole rings is 1. The maximum atomic E-state index is 13.0. The first-order valence-corrected chi connectivity index (χ1v) is 12.7. The van der Waals surface area contributed by atoms with Crippen LogP contribution in [0.3, 0.4) is 0 Å². The lowest BCUT2D eigenvalue weighted by molar-refractivity contribution is -0.143. The lowest BCUT2D eigenvalue weighted by Crippen LogP contribution is -2.60. The summed E-state index contributed by atoms with van der Waals surface area (Å²) in [6.45, 7) is 1.69. The van der Waals surface area contributed by atoms with Crippen LogP contribution in [0, 0.1) is 0 Å². The van der Waals surface area contributed by atoms with Crippen molar-refractivity contribution < 1.29 is 29.4 Å². The number of nitrogens with two attached hydrogens (primary N) is 2. The first-order valence-electron chi connectivity index (χ1n) is 11.3. The number of carboxylic acids is 1. The summed E-state index contributed by atoms with van der Waals surface area (Å²) >= 11 is 1.54. The lowest BCUT2D eigenvalue weighted by atomic mass is 10.1. The highest BCUT2D eigenvalue weighted by Gasteiger charge is 2.32. The number of carbonyl (C=O) groups excluding carboxylic acids is 3. The van der Waals surface area contributed by atoms with E-state index in [9.17, 15) is 29.4 Å². The van der Waals surface area contributed by atoms with Crippen molar-refractivity contribution in [3.05, 3.63) is 18.2 Å². The van der Waals surface area contributed by atoms with Crippen LogP contribution in [0.5, 0.6) is 0 Å². The number of nitrogens with one attached hydrogen (secondary N) is 4. The fourth-order valence-corrected chi connectivity index (χ4v) is 3.64. The maximum absolute atomic E-state index is 13.0. The predicted molar refractivity (Wildman–Crippen MR) is 131 cm³/mol. The minimum Gasteiger partial charge on any atom is -0.480 e. The van der Waals surface area contributed by atoms with E-state index < -0.39 is 54.0 Å². The Morgan fingerprint density at radius 3 is 2.31 bits per heavy atom.